The molecule has 0 radical (unpaired) electrons. The van der Waals surface area contributed by atoms with Crippen LogP contribution in [0.4, 0.5) is 0 Å². The Morgan fingerprint density at radius 2 is 1.50 bits per heavy atom. The lowest BCUT2D eigenvalue weighted by molar-refractivity contribution is 0.487. The van der Waals surface area contributed by atoms with Gasteiger partial charge < -0.3 is 4.52 Å². The molecule has 2 rings (SSSR count). The van der Waals surface area contributed by atoms with Crippen LogP contribution >= 0.6 is 7.37 Å². The largest absolute Gasteiger partial charge is 0.439 e. The van der Waals surface area contributed by atoms with Gasteiger partial charge in [0.05, 0.1) is 5.31 Å². The van der Waals surface area contributed by atoms with Crippen LogP contribution in [-0.4, -0.2) is 6.16 Å². The number of allylic oxidation sites excluding steroid dienone is 5. The van der Waals surface area contributed by atoms with Crippen molar-refractivity contribution in [3.8, 4) is 5.75 Å². The van der Waals surface area contributed by atoms with Crippen molar-refractivity contribution in [3.05, 3.63) is 60.0 Å². The number of fused-ring (bicyclic) bond motifs is 1. The Balaban J connectivity index is -0.000000585. The van der Waals surface area contributed by atoms with Crippen molar-refractivity contribution < 1.29 is 9.09 Å². The molecule has 0 aliphatic carbocycles. The molecule has 150 valence electrons. The van der Waals surface area contributed by atoms with Crippen molar-refractivity contribution in [2.24, 2.45) is 0 Å². The molecule has 0 aromatic heterocycles. The SMILES string of the molecule is C=C/C=C1\C(=C/C)c2ccccc2OP1(=O)CC.CC.CC.CC.CC. The van der Waals surface area contributed by atoms with Crippen LogP contribution in [-0.2, 0) is 4.57 Å². The predicted molar refractivity (Wildman–Crippen MR) is 123 cm³/mol. The van der Waals surface area contributed by atoms with Crippen molar-refractivity contribution in [2.75, 3.05) is 6.16 Å². The first-order chi connectivity index (χ1) is 12.7. The van der Waals surface area contributed by atoms with Crippen LogP contribution in [0.5, 0.6) is 5.75 Å². The van der Waals surface area contributed by atoms with Gasteiger partial charge in [-0.25, -0.2) is 0 Å². The van der Waals surface area contributed by atoms with E-state index in [4.69, 9.17) is 4.52 Å². The number of hydrogen-bond acceptors (Lipinski definition) is 2. The van der Waals surface area contributed by atoms with Gasteiger partial charge in [-0.1, -0.05) is 99.2 Å². The summed E-state index contributed by atoms with van der Waals surface area (Å²) in [5.74, 6) is 0.706. The molecule has 0 saturated heterocycles. The van der Waals surface area contributed by atoms with E-state index in [0.29, 0.717) is 11.9 Å². The van der Waals surface area contributed by atoms with Crippen molar-refractivity contribution in [1.29, 1.82) is 0 Å². The predicted octanol–water partition coefficient (Wildman–Crippen LogP) is 8.96. The zero-order chi connectivity index (χ0) is 21.2. The van der Waals surface area contributed by atoms with Crippen molar-refractivity contribution in [1.82, 2.24) is 0 Å². The summed E-state index contributed by atoms with van der Waals surface area (Å²) in [6.45, 7) is 23.5. The summed E-state index contributed by atoms with van der Waals surface area (Å²) >= 11 is 0. The number of para-hydroxylation sites is 1. The number of rotatable bonds is 2. The summed E-state index contributed by atoms with van der Waals surface area (Å²) in [5, 5.41) is 0.765. The third kappa shape index (κ3) is 7.79. The molecule has 1 heterocycles. The molecular weight excluding hydrogens is 339 g/mol. The molecule has 1 atom stereocenters. The summed E-state index contributed by atoms with van der Waals surface area (Å²) in [6, 6.07) is 7.71. The van der Waals surface area contributed by atoms with Gasteiger partial charge in [-0.05, 0) is 24.6 Å². The Bertz CT molecular complexity index is 584. The van der Waals surface area contributed by atoms with Crippen LogP contribution in [0.1, 0.15) is 74.8 Å². The van der Waals surface area contributed by atoms with Gasteiger partial charge in [-0.15, -0.1) is 0 Å². The summed E-state index contributed by atoms with van der Waals surface area (Å²) < 4.78 is 18.6. The molecule has 3 heteroatoms. The molecule has 2 nitrogen and oxygen atoms in total. The molecule has 26 heavy (non-hydrogen) atoms. The quantitative estimate of drug-likeness (QED) is 0.478. The van der Waals surface area contributed by atoms with E-state index >= 15 is 0 Å². The minimum absolute atomic E-state index is 0.484. The van der Waals surface area contributed by atoms with Gasteiger partial charge in [0.2, 0.25) is 0 Å². The third-order valence-electron chi connectivity index (χ3n) is 3.05. The van der Waals surface area contributed by atoms with Gasteiger partial charge in [0.25, 0.3) is 7.37 Å². The Morgan fingerprint density at radius 1 is 1.00 bits per heavy atom. The van der Waals surface area contributed by atoms with Gasteiger partial charge in [0.15, 0.2) is 0 Å². The average molecular weight is 381 g/mol. The van der Waals surface area contributed by atoms with Crippen LogP contribution in [0.15, 0.2) is 54.4 Å². The lowest BCUT2D eigenvalue weighted by atomic mass is 10.0. The normalized spacial score (nSPS) is 19.5. The number of benzene rings is 1. The standard InChI is InChI=1S/C15H17O2P.4C2H6/c1-4-9-15-12(5-2)13-10-7-8-11-14(13)17-18(15,16)6-3;4*1-2/h4-5,7-11H,1,6H2,2-3H3;4*1-2H3/b12-5-,15-9+;;;;. The van der Waals surface area contributed by atoms with Crippen LogP contribution in [0.2, 0.25) is 0 Å². The molecule has 0 bridgehead atoms. The summed E-state index contributed by atoms with van der Waals surface area (Å²) in [4.78, 5) is 0. The minimum atomic E-state index is -2.80. The second-order valence-corrected chi connectivity index (χ2v) is 6.71. The van der Waals surface area contributed by atoms with Crippen molar-refractivity contribution >= 4 is 12.9 Å². The second-order valence-electron chi connectivity index (χ2n) is 4.07. The van der Waals surface area contributed by atoms with Crippen LogP contribution in [0.3, 0.4) is 0 Å². The number of hydrogen-bond donors (Lipinski definition) is 0. The van der Waals surface area contributed by atoms with E-state index in [1.807, 2.05) is 99.6 Å². The van der Waals surface area contributed by atoms with Crippen LogP contribution < -0.4 is 4.52 Å². The van der Waals surface area contributed by atoms with E-state index in [2.05, 4.69) is 6.58 Å². The van der Waals surface area contributed by atoms with Crippen LogP contribution in [0.25, 0.3) is 5.57 Å². The van der Waals surface area contributed by atoms with E-state index in [0.717, 1.165) is 16.5 Å². The highest BCUT2D eigenvalue weighted by Crippen LogP contribution is 2.63. The minimum Gasteiger partial charge on any atom is -0.439 e. The fraction of sp³-hybridized carbons (Fsp3) is 0.478. The maximum absolute atomic E-state index is 12.9. The van der Waals surface area contributed by atoms with E-state index < -0.39 is 7.37 Å². The highest BCUT2D eigenvalue weighted by molar-refractivity contribution is 7.64. The Hall–Kier alpha value is -1.53. The molecule has 1 aliphatic heterocycles. The highest BCUT2D eigenvalue weighted by Gasteiger charge is 2.36. The van der Waals surface area contributed by atoms with E-state index in [9.17, 15) is 4.57 Å². The smallest absolute Gasteiger partial charge is 0.277 e. The topological polar surface area (TPSA) is 26.3 Å². The first kappa shape index (κ1) is 29.2. The zero-order valence-corrected chi connectivity index (χ0v) is 19.6. The van der Waals surface area contributed by atoms with Gasteiger partial charge in [0.1, 0.15) is 5.75 Å². The first-order valence-electron chi connectivity index (χ1n) is 10.0. The molecule has 0 saturated carbocycles. The summed E-state index contributed by atoms with van der Waals surface area (Å²) in [6.07, 6.45) is 5.94. The van der Waals surface area contributed by atoms with Gasteiger partial charge in [-0.3, -0.25) is 4.57 Å². The average Bonchev–Trinajstić information content (AvgIpc) is 2.74. The molecule has 1 unspecified atom stereocenters. The fourth-order valence-electron chi connectivity index (χ4n) is 2.15. The highest BCUT2D eigenvalue weighted by atomic mass is 31.2. The fourth-order valence-corrected chi connectivity index (χ4v) is 4.15. The third-order valence-corrected chi connectivity index (χ3v) is 5.50. The van der Waals surface area contributed by atoms with E-state index in [1.54, 1.807) is 12.2 Å². The van der Waals surface area contributed by atoms with E-state index in [-0.39, 0.29) is 0 Å². The van der Waals surface area contributed by atoms with Crippen molar-refractivity contribution in [3.63, 3.8) is 0 Å². The van der Waals surface area contributed by atoms with Crippen LogP contribution in [0, 0.1) is 0 Å². The second kappa shape index (κ2) is 18.3. The monoisotopic (exact) mass is 380 g/mol. The molecule has 1 aromatic rings. The molecular formula is C23H41O2P. The Labute approximate surface area is 163 Å². The van der Waals surface area contributed by atoms with Gasteiger partial charge in [-0.2, -0.15) is 0 Å². The van der Waals surface area contributed by atoms with Crippen molar-refractivity contribution in [2.45, 2.75) is 69.2 Å². The van der Waals surface area contributed by atoms with Gasteiger partial charge >= 0.3 is 0 Å². The molecule has 0 fully saturated rings. The lowest BCUT2D eigenvalue weighted by Crippen LogP contribution is -2.08. The molecule has 0 N–H and O–H groups in total. The molecule has 0 spiro atoms. The summed E-state index contributed by atoms with van der Waals surface area (Å²) in [7, 11) is -2.80. The van der Waals surface area contributed by atoms with E-state index in [1.165, 1.54) is 0 Å². The molecule has 1 aliphatic rings. The molecule has 0 amide bonds. The maximum Gasteiger partial charge on any atom is 0.277 e. The Morgan fingerprint density at radius 3 is 1.92 bits per heavy atom. The van der Waals surface area contributed by atoms with Gasteiger partial charge in [0, 0.05) is 11.7 Å². The lowest BCUT2D eigenvalue weighted by Gasteiger charge is -2.29. The maximum atomic E-state index is 12.9. The zero-order valence-electron chi connectivity index (χ0n) is 18.7. The first-order valence-corrected chi connectivity index (χ1v) is 11.8. The Kier molecular flexibility index (Phi) is 20.5. The molecule has 1 aromatic carbocycles. The summed E-state index contributed by atoms with van der Waals surface area (Å²) in [5.41, 5.74) is 1.98.